The predicted molar refractivity (Wildman–Crippen MR) is 141 cm³/mol. The van der Waals surface area contributed by atoms with Gasteiger partial charge in [0.05, 0.1) is 23.0 Å². The summed E-state index contributed by atoms with van der Waals surface area (Å²) in [5.41, 5.74) is 6.06. The third-order valence-electron chi connectivity index (χ3n) is 5.98. The van der Waals surface area contributed by atoms with Gasteiger partial charge in [0, 0.05) is 46.9 Å². The molecule has 182 valence electrons. The van der Waals surface area contributed by atoms with Crippen molar-refractivity contribution in [3.05, 3.63) is 67.4 Å². The molecule has 0 bridgehead atoms. The number of carbonyl (C=O) groups excluding carboxylic acids is 1. The minimum Gasteiger partial charge on any atom is -0.324 e. The number of nitrogens with zero attached hydrogens (tertiary/aromatic N) is 6. The van der Waals surface area contributed by atoms with Crippen LogP contribution in [0.4, 0.5) is 5.69 Å². The van der Waals surface area contributed by atoms with E-state index in [9.17, 15) is 4.79 Å². The minimum absolute atomic E-state index is 0.0827. The van der Waals surface area contributed by atoms with E-state index in [0.717, 1.165) is 27.8 Å². The van der Waals surface area contributed by atoms with Gasteiger partial charge in [0.2, 0.25) is 5.91 Å². The second kappa shape index (κ2) is 8.59. The average Bonchev–Trinajstić information content (AvgIpc) is 3.52. The summed E-state index contributed by atoms with van der Waals surface area (Å²) in [6, 6.07) is 11.5. The van der Waals surface area contributed by atoms with Gasteiger partial charge in [-0.2, -0.15) is 5.10 Å². The molecule has 6 aromatic rings. The number of fused-ring (bicyclic) bond motifs is 2. The number of pyridine rings is 4. The van der Waals surface area contributed by atoms with Gasteiger partial charge in [-0.25, -0.2) is 15.0 Å². The molecule has 0 saturated carbocycles. The summed E-state index contributed by atoms with van der Waals surface area (Å²) in [5.74, 6) is 0.487. The number of rotatable bonds is 4. The molecule has 3 N–H and O–H groups in total. The van der Waals surface area contributed by atoms with E-state index in [1.165, 1.54) is 0 Å². The number of nitrogens with one attached hydrogen (secondary N) is 3. The zero-order valence-electron chi connectivity index (χ0n) is 20.4. The van der Waals surface area contributed by atoms with Gasteiger partial charge in [-0.15, -0.1) is 0 Å². The van der Waals surface area contributed by atoms with Gasteiger partial charge < -0.3 is 10.3 Å². The molecule has 10 nitrogen and oxygen atoms in total. The molecule has 0 atom stereocenters. The third kappa shape index (κ3) is 4.18. The summed E-state index contributed by atoms with van der Waals surface area (Å²) in [6.07, 6.45) is 8.59. The summed E-state index contributed by atoms with van der Waals surface area (Å²) >= 11 is 0. The lowest BCUT2D eigenvalue weighted by atomic mass is 9.95. The van der Waals surface area contributed by atoms with E-state index in [-0.39, 0.29) is 5.91 Å². The molecule has 0 fully saturated rings. The van der Waals surface area contributed by atoms with Crippen LogP contribution in [0, 0.1) is 5.41 Å². The van der Waals surface area contributed by atoms with Gasteiger partial charge >= 0.3 is 0 Å². The molecule has 0 radical (unpaired) electrons. The molecule has 0 saturated heterocycles. The first-order valence-electron chi connectivity index (χ1n) is 11.7. The smallest absolute Gasteiger partial charge is 0.229 e. The van der Waals surface area contributed by atoms with Crippen LogP contribution >= 0.6 is 0 Å². The van der Waals surface area contributed by atoms with E-state index in [2.05, 4.69) is 40.4 Å². The molecular weight excluding hydrogens is 466 g/mol. The Morgan fingerprint density at radius 2 is 1.78 bits per heavy atom. The number of hydrogen-bond acceptors (Lipinski definition) is 7. The van der Waals surface area contributed by atoms with Crippen molar-refractivity contribution in [2.75, 3.05) is 5.32 Å². The fourth-order valence-electron chi connectivity index (χ4n) is 3.98. The SMILES string of the molecule is CC(C)(C)C(=O)Nc1cncc(-c2cnc3[nH]nc(-c4nc5c(-c6ccccn6)ccnc5[nH]4)c3c2)c1. The Balaban J connectivity index is 1.40. The molecule has 37 heavy (non-hydrogen) atoms. The van der Waals surface area contributed by atoms with Gasteiger partial charge in [-0.1, -0.05) is 26.8 Å². The Morgan fingerprint density at radius 1 is 0.919 bits per heavy atom. The Bertz CT molecular complexity index is 1760. The van der Waals surface area contributed by atoms with Crippen molar-refractivity contribution in [2.45, 2.75) is 20.8 Å². The first-order valence-corrected chi connectivity index (χ1v) is 11.7. The van der Waals surface area contributed by atoms with E-state index in [4.69, 9.17) is 4.98 Å². The maximum absolute atomic E-state index is 12.4. The summed E-state index contributed by atoms with van der Waals surface area (Å²) in [4.78, 5) is 38.3. The molecule has 6 rings (SSSR count). The highest BCUT2D eigenvalue weighted by Crippen LogP contribution is 2.31. The lowest BCUT2D eigenvalue weighted by Crippen LogP contribution is -2.27. The predicted octanol–water partition coefficient (Wildman–Crippen LogP) is 5.00. The van der Waals surface area contributed by atoms with Gasteiger partial charge in [0.25, 0.3) is 0 Å². The summed E-state index contributed by atoms with van der Waals surface area (Å²) < 4.78 is 0. The first-order chi connectivity index (χ1) is 17.9. The summed E-state index contributed by atoms with van der Waals surface area (Å²) in [5, 5.41) is 11.2. The highest BCUT2D eigenvalue weighted by atomic mass is 16.2. The zero-order valence-corrected chi connectivity index (χ0v) is 20.4. The molecule has 0 unspecified atom stereocenters. The van der Waals surface area contributed by atoms with Crippen molar-refractivity contribution < 1.29 is 4.79 Å². The van der Waals surface area contributed by atoms with Gasteiger partial charge in [0.15, 0.2) is 17.1 Å². The van der Waals surface area contributed by atoms with Crippen molar-refractivity contribution >= 4 is 33.8 Å². The molecule has 10 heteroatoms. The largest absolute Gasteiger partial charge is 0.324 e. The van der Waals surface area contributed by atoms with E-state index < -0.39 is 5.41 Å². The average molecular weight is 490 g/mol. The van der Waals surface area contributed by atoms with Crippen LogP contribution in [0.1, 0.15) is 20.8 Å². The molecule has 1 amide bonds. The number of H-pyrrole nitrogens is 2. The van der Waals surface area contributed by atoms with Crippen molar-refractivity contribution in [3.8, 4) is 33.9 Å². The second-order valence-electron chi connectivity index (χ2n) is 9.71. The number of imidazole rings is 1. The normalized spacial score (nSPS) is 11.8. The van der Waals surface area contributed by atoms with Crippen LogP contribution in [0.2, 0.25) is 0 Å². The van der Waals surface area contributed by atoms with Gasteiger partial charge in [-0.3, -0.25) is 19.9 Å². The van der Waals surface area contributed by atoms with Crippen molar-refractivity contribution in [1.82, 2.24) is 40.1 Å². The van der Waals surface area contributed by atoms with Crippen LogP contribution in [0.3, 0.4) is 0 Å². The Kier molecular flexibility index (Phi) is 5.22. The molecule has 0 aromatic carbocycles. The van der Waals surface area contributed by atoms with Crippen LogP contribution < -0.4 is 5.32 Å². The molecule has 0 aliphatic heterocycles. The standard InChI is InChI=1S/C27H23N9O/c1-27(2,3)26(37)32-17-10-15(12-28-14-17)16-11-19-22(35-36-23(19)31-13-16)25-33-21-18(7-9-30-24(21)34-25)20-6-4-5-8-29-20/h4-14H,1-3H3,(H,32,37)(H,30,33,34)(H,31,35,36). The molecule has 6 aromatic heterocycles. The fraction of sp³-hybridized carbons (Fsp3) is 0.148. The fourth-order valence-corrected chi connectivity index (χ4v) is 3.98. The van der Waals surface area contributed by atoms with E-state index in [0.29, 0.717) is 34.0 Å². The summed E-state index contributed by atoms with van der Waals surface area (Å²) in [6.45, 7) is 5.60. The quantitative estimate of drug-likeness (QED) is 0.317. The van der Waals surface area contributed by atoms with Crippen LogP contribution in [0.15, 0.2) is 67.4 Å². The zero-order chi connectivity index (χ0) is 25.6. The number of carbonyl (C=O) groups is 1. The van der Waals surface area contributed by atoms with Crippen LogP contribution in [-0.4, -0.2) is 46.0 Å². The van der Waals surface area contributed by atoms with Gasteiger partial charge in [-0.05, 0) is 30.3 Å². The highest BCUT2D eigenvalue weighted by molar-refractivity contribution is 5.97. The minimum atomic E-state index is -0.514. The third-order valence-corrected chi connectivity index (χ3v) is 5.98. The molecule has 0 aliphatic carbocycles. The topological polar surface area (TPSA) is 138 Å². The lowest BCUT2D eigenvalue weighted by Gasteiger charge is -2.17. The molecule has 6 heterocycles. The van der Waals surface area contributed by atoms with Crippen molar-refractivity contribution in [1.29, 1.82) is 0 Å². The first kappa shape index (κ1) is 22.5. The van der Waals surface area contributed by atoms with Crippen molar-refractivity contribution in [3.63, 3.8) is 0 Å². The maximum atomic E-state index is 12.4. The second-order valence-corrected chi connectivity index (χ2v) is 9.71. The number of aromatic nitrogens is 8. The molecular formula is C27H23N9O. The highest BCUT2D eigenvalue weighted by Gasteiger charge is 2.22. The Morgan fingerprint density at radius 3 is 2.59 bits per heavy atom. The Hall–Kier alpha value is -4.99. The van der Waals surface area contributed by atoms with E-state index in [1.807, 2.05) is 57.2 Å². The number of hydrogen-bond donors (Lipinski definition) is 3. The monoisotopic (exact) mass is 489 g/mol. The van der Waals surface area contributed by atoms with Gasteiger partial charge in [0.1, 0.15) is 11.2 Å². The summed E-state index contributed by atoms with van der Waals surface area (Å²) in [7, 11) is 0. The van der Waals surface area contributed by atoms with Crippen molar-refractivity contribution in [2.24, 2.45) is 5.41 Å². The molecule has 0 aliphatic rings. The van der Waals surface area contributed by atoms with E-state index in [1.54, 1.807) is 31.0 Å². The van der Waals surface area contributed by atoms with Crippen LogP contribution in [-0.2, 0) is 4.79 Å². The van der Waals surface area contributed by atoms with E-state index >= 15 is 0 Å². The van der Waals surface area contributed by atoms with Crippen LogP contribution in [0.25, 0.3) is 56.1 Å². The molecule has 0 spiro atoms. The lowest BCUT2D eigenvalue weighted by molar-refractivity contribution is -0.123. The number of amides is 1. The number of anilines is 1. The van der Waals surface area contributed by atoms with Crippen LogP contribution in [0.5, 0.6) is 0 Å². The number of aromatic amines is 2. The Labute approximate surface area is 211 Å². The maximum Gasteiger partial charge on any atom is 0.229 e.